The highest BCUT2D eigenvalue weighted by molar-refractivity contribution is 9.10. The second-order valence-corrected chi connectivity index (χ2v) is 4.92. The molecular weight excluding hydrogens is 282 g/mol. The number of hydrogen-bond acceptors (Lipinski definition) is 4. The predicted molar refractivity (Wildman–Crippen MR) is 68.3 cm³/mol. The normalized spacial score (nSPS) is 12.7. The minimum atomic E-state index is -0.114. The van der Waals surface area contributed by atoms with Crippen LogP contribution < -0.4 is 5.73 Å². The van der Waals surface area contributed by atoms with Crippen molar-refractivity contribution in [1.29, 1.82) is 0 Å². The molecule has 2 rings (SSSR count). The number of rotatable bonds is 3. The quantitative estimate of drug-likeness (QED) is 0.932. The maximum atomic E-state index is 6.17. The zero-order valence-electron chi connectivity index (χ0n) is 9.76. The van der Waals surface area contributed by atoms with Gasteiger partial charge in [-0.25, -0.2) is 0 Å². The number of aryl methyl sites for hydroxylation is 2. The molecule has 1 heterocycles. The number of tetrazole rings is 1. The number of nitrogens with two attached hydrogens (primary N) is 1. The molecule has 5 nitrogen and oxygen atoms in total. The Morgan fingerprint density at radius 2 is 2.24 bits per heavy atom. The molecule has 0 saturated carbocycles. The van der Waals surface area contributed by atoms with E-state index in [2.05, 4.69) is 31.3 Å². The van der Waals surface area contributed by atoms with Crippen LogP contribution >= 0.6 is 15.9 Å². The molecule has 1 aromatic heterocycles. The Hall–Kier alpha value is -1.27. The highest BCUT2D eigenvalue weighted by Gasteiger charge is 2.13. The lowest BCUT2D eigenvalue weighted by Gasteiger charge is -2.13. The molecule has 17 heavy (non-hydrogen) atoms. The monoisotopic (exact) mass is 295 g/mol. The third kappa shape index (κ3) is 2.89. The molecule has 0 aliphatic heterocycles. The van der Waals surface area contributed by atoms with Crippen molar-refractivity contribution in [2.45, 2.75) is 19.4 Å². The van der Waals surface area contributed by atoms with Crippen molar-refractivity contribution in [2.75, 3.05) is 0 Å². The molecule has 0 bridgehead atoms. The van der Waals surface area contributed by atoms with Gasteiger partial charge in [0.2, 0.25) is 0 Å². The molecule has 1 atom stereocenters. The van der Waals surface area contributed by atoms with Crippen molar-refractivity contribution in [3.63, 3.8) is 0 Å². The fourth-order valence-corrected chi connectivity index (χ4v) is 2.10. The fourth-order valence-electron chi connectivity index (χ4n) is 1.72. The lowest BCUT2D eigenvalue weighted by molar-refractivity contribution is 0.622. The van der Waals surface area contributed by atoms with Crippen LogP contribution in [0.15, 0.2) is 22.7 Å². The molecule has 2 N–H and O–H groups in total. The van der Waals surface area contributed by atoms with Crippen LogP contribution in [0.25, 0.3) is 0 Å². The van der Waals surface area contributed by atoms with E-state index in [0.717, 1.165) is 10.0 Å². The standard InChI is InChI=1S/C11H14BrN5/c1-7-3-4-8(12)5-9(7)10(13)6-11-14-16-17(2)15-11/h3-5,10H,6,13H2,1-2H3. The molecule has 90 valence electrons. The Balaban J connectivity index is 2.19. The third-order valence-electron chi connectivity index (χ3n) is 2.59. The lowest BCUT2D eigenvalue weighted by Crippen LogP contribution is -2.15. The van der Waals surface area contributed by atoms with Crippen molar-refractivity contribution in [1.82, 2.24) is 20.2 Å². The van der Waals surface area contributed by atoms with Crippen molar-refractivity contribution in [3.8, 4) is 0 Å². The maximum absolute atomic E-state index is 6.17. The van der Waals surface area contributed by atoms with E-state index in [4.69, 9.17) is 5.73 Å². The number of hydrogen-bond donors (Lipinski definition) is 1. The molecule has 0 saturated heterocycles. The molecule has 6 heteroatoms. The van der Waals surface area contributed by atoms with E-state index in [1.54, 1.807) is 7.05 Å². The molecule has 0 aliphatic rings. The topological polar surface area (TPSA) is 69.6 Å². The summed E-state index contributed by atoms with van der Waals surface area (Å²) in [6.45, 7) is 2.05. The minimum Gasteiger partial charge on any atom is -0.324 e. The van der Waals surface area contributed by atoms with Crippen molar-refractivity contribution >= 4 is 15.9 Å². The summed E-state index contributed by atoms with van der Waals surface area (Å²) in [7, 11) is 1.74. The Morgan fingerprint density at radius 1 is 1.47 bits per heavy atom. The van der Waals surface area contributed by atoms with Crippen LogP contribution in [0.2, 0.25) is 0 Å². The highest BCUT2D eigenvalue weighted by atomic mass is 79.9. The smallest absolute Gasteiger partial charge is 0.176 e. The summed E-state index contributed by atoms with van der Waals surface area (Å²) in [5.74, 6) is 0.666. The Kier molecular flexibility index (Phi) is 3.54. The van der Waals surface area contributed by atoms with E-state index < -0.39 is 0 Å². The van der Waals surface area contributed by atoms with Gasteiger partial charge in [-0.05, 0) is 35.4 Å². The van der Waals surface area contributed by atoms with E-state index >= 15 is 0 Å². The zero-order chi connectivity index (χ0) is 12.4. The summed E-state index contributed by atoms with van der Waals surface area (Å²) in [5, 5.41) is 11.9. The summed E-state index contributed by atoms with van der Waals surface area (Å²) in [6, 6.07) is 5.97. The number of nitrogens with zero attached hydrogens (tertiary/aromatic N) is 4. The van der Waals surface area contributed by atoms with Crippen molar-refractivity contribution < 1.29 is 0 Å². The van der Waals surface area contributed by atoms with Crippen molar-refractivity contribution in [2.24, 2.45) is 12.8 Å². The third-order valence-corrected chi connectivity index (χ3v) is 3.09. The van der Waals surface area contributed by atoms with Crippen LogP contribution in [-0.2, 0) is 13.5 Å². The molecule has 2 aromatic rings. The first kappa shape index (κ1) is 12.2. The summed E-state index contributed by atoms with van der Waals surface area (Å²) in [4.78, 5) is 1.44. The molecule has 0 spiro atoms. The van der Waals surface area contributed by atoms with Crippen LogP contribution in [0.5, 0.6) is 0 Å². The summed E-state index contributed by atoms with van der Waals surface area (Å²) < 4.78 is 1.03. The van der Waals surface area contributed by atoms with Gasteiger partial charge in [-0.15, -0.1) is 10.2 Å². The maximum Gasteiger partial charge on any atom is 0.176 e. The Bertz CT molecular complexity index is 522. The zero-order valence-corrected chi connectivity index (χ0v) is 11.3. The fraction of sp³-hybridized carbons (Fsp3) is 0.364. The minimum absolute atomic E-state index is 0.114. The van der Waals surface area contributed by atoms with Crippen LogP contribution in [0.1, 0.15) is 23.0 Å². The van der Waals surface area contributed by atoms with Gasteiger partial charge in [-0.1, -0.05) is 22.0 Å². The van der Waals surface area contributed by atoms with Crippen LogP contribution in [0, 0.1) is 6.92 Å². The van der Waals surface area contributed by atoms with E-state index in [9.17, 15) is 0 Å². The summed E-state index contributed by atoms with van der Waals surface area (Å²) in [6.07, 6.45) is 0.588. The van der Waals surface area contributed by atoms with Gasteiger partial charge in [0.15, 0.2) is 5.82 Å². The molecule has 1 unspecified atom stereocenters. The molecule has 0 amide bonds. The second-order valence-electron chi connectivity index (χ2n) is 4.01. The second kappa shape index (κ2) is 4.93. The van der Waals surface area contributed by atoms with Gasteiger partial charge < -0.3 is 5.73 Å². The molecule has 0 aliphatic carbocycles. The van der Waals surface area contributed by atoms with Crippen LogP contribution in [-0.4, -0.2) is 20.2 Å². The van der Waals surface area contributed by atoms with Gasteiger partial charge >= 0.3 is 0 Å². The van der Waals surface area contributed by atoms with Gasteiger partial charge in [-0.3, -0.25) is 0 Å². The van der Waals surface area contributed by atoms with E-state index in [1.807, 2.05) is 25.1 Å². The van der Waals surface area contributed by atoms with Gasteiger partial charge in [0, 0.05) is 16.9 Å². The lowest BCUT2D eigenvalue weighted by atomic mass is 9.99. The molecule has 1 aromatic carbocycles. The predicted octanol–water partition coefficient (Wildman–Crippen LogP) is 1.52. The van der Waals surface area contributed by atoms with Crippen molar-refractivity contribution in [3.05, 3.63) is 39.6 Å². The van der Waals surface area contributed by atoms with E-state index in [1.165, 1.54) is 10.4 Å². The van der Waals surface area contributed by atoms with Gasteiger partial charge in [0.05, 0.1) is 7.05 Å². The van der Waals surface area contributed by atoms with E-state index in [-0.39, 0.29) is 6.04 Å². The number of benzene rings is 1. The Morgan fingerprint density at radius 3 is 2.88 bits per heavy atom. The average molecular weight is 296 g/mol. The largest absolute Gasteiger partial charge is 0.324 e. The number of halogens is 1. The Labute approximate surface area is 108 Å². The van der Waals surface area contributed by atoms with Crippen LogP contribution in [0.4, 0.5) is 0 Å². The van der Waals surface area contributed by atoms with Gasteiger partial charge in [-0.2, -0.15) is 4.80 Å². The SMILES string of the molecule is Cc1ccc(Br)cc1C(N)Cc1nnn(C)n1. The number of aromatic nitrogens is 4. The molecule has 0 fully saturated rings. The first-order valence-electron chi connectivity index (χ1n) is 5.31. The first-order chi connectivity index (χ1) is 8.06. The summed E-state index contributed by atoms with van der Waals surface area (Å²) in [5.41, 5.74) is 8.44. The molecule has 0 radical (unpaired) electrons. The van der Waals surface area contributed by atoms with E-state index in [0.29, 0.717) is 12.2 Å². The highest BCUT2D eigenvalue weighted by Crippen LogP contribution is 2.22. The summed E-state index contributed by atoms with van der Waals surface area (Å²) >= 11 is 3.45. The van der Waals surface area contributed by atoms with Crippen LogP contribution in [0.3, 0.4) is 0 Å². The first-order valence-corrected chi connectivity index (χ1v) is 6.10. The van der Waals surface area contributed by atoms with Gasteiger partial charge in [0.1, 0.15) is 0 Å². The average Bonchev–Trinajstić information content (AvgIpc) is 2.67. The molecular formula is C11H14BrN5. The van der Waals surface area contributed by atoms with Gasteiger partial charge in [0.25, 0.3) is 0 Å².